The predicted molar refractivity (Wildman–Crippen MR) is 66.4 cm³/mol. The first kappa shape index (κ1) is 11.8. The van der Waals surface area contributed by atoms with E-state index in [1.54, 1.807) is 12.1 Å². The summed E-state index contributed by atoms with van der Waals surface area (Å²) in [5, 5.41) is 17.9. The molecule has 2 heterocycles. The molecule has 1 N–H and O–H groups in total. The molecule has 0 saturated carbocycles. The largest absolute Gasteiger partial charge is 0.334 e. The van der Waals surface area contributed by atoms with Crippen LogP contribution < -0.4 is 5.32 Å². The predicted octanol–water partition coefficient (Wildman–Crippen LogP) is 2.07. The first-order valence-corrected chi connectivity index (χ1v) is 6.06. The summed E-state index contributed by atoms with van der Waals surface area (Å²) in [5.74, 6) is 0.923. The lowest BCUT2D eigenvalue weighted by atomic mass is 10.2. The molecule has 1 aliphatic heterocycles. The minimum absolute atomic E-state index is 0.0104. The summed E-state index contributed by atoms with van der Waals surface area (Å²) >= 11 is 0. The van der Waals surface area contributed by atoms with Crippen LogP contribution in [0.5, 0.6) is 0 Å². The van der Waals surface area contributed by atoms with Crippen molar-refractivity contribution in [3.8, 4) is 11.5 Å². The van der Waals surface area contributed by atoms with Gasteiger partial charge in [0.1, 0.15) is 0 Å². The highest BCUT2D eigenvalue weighted by atomic mass is 16.6. The van der Waals surface area contributed by atoms with E-state index >= 15 is 0 Å². The standard InChI is InChI=1S/C12H12N4O3/c17-16(18)9-4-1-3-8(7-9)12-14-11(15-19-12)10-5-2-6-13-10/h1,3-4,7,10,13H,2,5-6H2. The van der Waals surface area contributed by atoms with E-state index in [1.165, 1.54) is 12.1 Å². The van der Waals surface area contributed by atoms with Crippen LogP contribution in [0.1, 0.15) is 24.7 Å². The third-order valence-corrected chi connectivity index (χ3v) is 3.12. The van der Waals surface area contributed by atoms with Crippen molar-refractivity contribution in [3.63, 3.8) is 0 Å². The lowest BCUT2D eigenvalue weighted by molar-refractivity contribution is -0.384. The van der Waals surface area contributed by atoms with Crippen molar-refractivity contribution in [2.24, 2.45) is 0 Å². The van der Waals surface area contributed by atoms with Gasteiger partial charge < -0.3 is 9.84 Å². The smallest absolute Gasteiger partial charge is 0.270 e. The van der Waals surface area contributed by atoms with Gasteiger partial charge in [-0.15, -0.1) is 0 Å². The van der Waals surface area contributed by atoms with Crippen LogP contribution in [-0.2, 0) is 0 Å². The van der Waals surface area contributed by atoms with Crippen molar-refractivity contribution in [1.29, 1.82) is 0 Å². The Balaban J connectivity index is 1.89. The number of rotatable bonds is 3. The van der Waals surface area contributed by atoms with Gasteiger partial charge >= 0.3 is 0 Å². The Kier molecular flexibility index (Phi) is 2.96. The van der Waals surface area contributed by atoms with Crippen LogP contribution in [0.2, 0.25) is 0 Å². The number of non-ortho nitro benzene ring substituents is 1. The van der Waals surface area contributed by atoms with Crippen molar-refractivity contribution in [2.45, 2.75) is 18.9 Å². The summed E-state index contributed by atoms with van der Waals surface area (Å²) < 4.78 is 5.17. The number of nitrogens with one attached hydrogen (secondary N) is 1. The zero-order valence-electron chi connectivity index (χ0n) is 10.1. The van der Waals surface area contributed by atoms with Gasteiger partial charge in [0.25, 0.3) is 11.6 Å². The lowest BCUT2D eigenvalue weighted by Crippen LogP contribution is -2.14. The van der Waals surface area contributed by atoms with E-state index in [0.717, 1.165) is 19.4 Å². The molecule has 19 heavy (non-hydrogen) atoms. The summed E-state index contributed by atoms with van der Waals surface area (Å²) in [6.45, 7) is 0.950. The van der Waals surface area contributed by atoms with E-state index in [4.69, 9.17) is 4.52 Å². The van der Waals surface area contributed by atoms with Crippen molar-refractivity contribution in [3.05, 3.63) is 40.2 Å². The van der Waals surface area contributed by atoms with Gasteiger partial charge in [-0.25, -0.2) is 0 Å². The average molecular weight is 260 g/mol. The molecule has 0 amide bonds. The number of benzene rings is 1. The molecule has 1 fully saturated rings. The number of hydrogen-bond acceptors (Lipinski definition) is 6. The molecule has 1 aromatic carbocycles. The molecule has 2 aromatic rings. The number of nitrogens with zero attached hydrogens (tertiary/aromatic N) is 3. The van der Waals surface area contributed by atoms with E-state index in [1.807, 2.05) is 0 Å². The number of hydrogen-bond donors (Lipinski definition) is 1. The van der Waals surface area contributed by atoms with Gasteiger partial charge in [0.2, 0.25) is 0 Å². The quantitative estimate of drug-likeness (QED) is 0.670. The normalized spacial score (nSPS) is 18.6. The van der Waals surface area contributed by atoms with E-state index in [-0.39, 0.29) is 11.7 Å². The van der Waals surface area contributed by atoms with Gasteiger partial charge in [-0.05, 0) is 25.5 Å². The van der Waals surface area contributed by atoms with Crippen molar-refractivity contribution < 1.29 is 9.45 Å². The molecule has 7 heteroatoms. The third kappa shape index (κ3) is 2.32. The molecule has 0 spiro atoms. The lowest BCUT2D eigenvalue weighted by Gasteiger charge is -2.01. The number of nitro groups is 1. The van der Waals surface area contributed by atoms with Gasteiger partial charge in [-0.2, -0.15) is 4.98 Å². The Morgan fingerprint density at radius 2 is 2.37 bits per heavy atom. The Hall–Kier alpha value is -2.28. The Bertz CT molecular complexity index is 605. The SMILES string of the molecule is O=[N+]([O-])c1cccc(-c2nc(C3CCCN3)no2)c1. The summed E-state index contributed by atoms with van der Waals surface area (Å²) in [5.41, 5.74) is 0.571. The summed E-state index contributed by atoms with van der Waals surface area (Å²) in [7, 11) is 0. The Morgan fingerprint density at radius 1 is 1.47 bits per heavy atom. The maximum atomic E-state index is 10.7. The van der Waals surface area contributed by atoms with E-state index in [0.29, 0.717) is 17.3 Å². The second-order valence-corrected chi connectivity index (χ2v) is 4.41. The van der Waals surface area contributed by atoms with Crippen LogP contribution in [0, 0.1) is 10.1 Å². The molecule has 98 valence electrons. The molecular weight excluding hydrogens is 248 g/mol. The summed E-state index contributed by atoms with van der Waals surface area (Å²) in [4.78, 5) is 14.6. The molecule has 1 atom stereocenters. The van der Waals surface area contributed by atoms with Gasteiger partial charge in [0.05, 0.1) is 11.0 Å². The molecule has 0 radical (unpaired) electrons. The fourth-order valence-corrected chi connectivity index (χ4v) is 2.15. The van der Waals surface area contributed by atoms with E-state index in [9.17, 15) is 10.1 Å². The van der Waals surface area contributed by atoms with Crippen LogP contribution in [0.15, 0.2) is 28.8 Å². The average Bonchev–Trinajstić information content (AvgIpc) is 3.09. The Morgan fingerprint density at radius 3 is 3.11 bits per heavy atom. The molecular formula is C12H12N4O3. The Labute approximate surface area is 108 Å². The van der Waals surface area contributed by atoms with Crippen LogP contribution in [-0.4, -0.2) is 21.6 Å². The van der Waals surface area contributed by atoms with Gasteiger partial charge in [-0.1, -0.05) is 11.2 Å². The van der Waals surface area contributed by atoms with Crippen LogP contribution >= 0.6 is 0 Å². The minimum atomic E-state index is -0.445. The second kappa shape index (κ2) is 4.77. The summed E-state index contributed by atoms with van der Waals surface area (Å²) in [6, 6.07) is 6.30. The third-order valence-electron chi connectivity index (χ3n) is 3.12. The zero-order chi connectivity index (χ0) is 13.2. The van der Waals surface area contributed by atoms with Gasteiger partial charge in [-0.3, -0.25) is 10.1 Å². The van der Waals surface area contributed by atoms with Gasteiger partial charge in [0, 0.05) is 17.7 Å². The minimum Gasteiger partial charge on any atom is -0.334 e. The maximum Gasteiger partial charge on any atom is 0.270 e. The van der Waals surface area contributed by atoms with Crippen molar-refractivity contribution in [2.75, 3.05) is 6.54 Å². The monoisotopic (exact) mass is 260 g/mol. The second-order valence-electron chi connectivity index (χ2n) is 4.41. The zero-order valence-corrected chi connectivity index (χ0v) is 10.1. The highest BCUT2D eigenvalue weighted by Gasteiger charge is 2.22. The van der Waals surface area contributed by atoms with Crippen molar-refractivity contribution in [1.82, 2.24) is 15.5 Å². The first-order valence-electron chi connectivity index (χ1n) is 6.06. The molecule has 1 unspecified atom stereocenters. The topological polar surface area (TPSA) is 94.1 Å². The van der Waals surface area contributed by atoms with Crippen LogP contribution in [0.25, 0.3) is 11.5 Å². The molecule has 1 aromatic heterocycles. The van der Waals surface area contributed by atoms with Gasteiger partial charge in [0.15, 0.2) is 5.82 Å². The molecule has 0 bridgehead atoms. The first-order chi connectivity index (χ1) is 9.24. The molecule has 7 nitrogen and oxygen atoms in total. The fraction of sp³-hybridized carbons (Fsp3) is 0.333. The highest BCUT2D eigenvalue weighted by Crippen LogP contribution is 2.25. The molecule has 1 aliphatic rings. The molecule has 3 rings (SSSR count). The maximum absolute atomic E-state index is 10.7. The van der Waals surface area contributed by atoms with E-state index in [2.05, 4.69) is 15.5 Å². The highest BCUT2D eigenvalue weighted by molar-refractivity contribution is 5.57. The van der Waals surface area contributed by atoms with Crippen molar-refractivity contribution >= 4 is 5.69 Å². The molecule has 1 saturated heterocycles. The number of nitro benzene ring substituents is 1. The van der Waals surface area contributed by atoms with Crippen LogP contribution in [0.3, 0.4) is 0 Å². The van der Waals surface area contributed by atoms with E-state index < -0.39 is 4.92 Å². The van der Waals surface area contributed by atoms with Crippen LogP contribution in [0.4, 0.5) is 5.69 Å². The molecule has 0 aliphatic carbocycles. The fourth-order valence-electron chi connectivity index (χ4n) is 2.15. The number of aromatic nitrogens is 2. The summed E-state index contributed by atoms with van der Waals surface area (Å²) in [6.07, 6.45) is 2.07.